The Labute approximate surface area is 112 Å². The van der Waals surface area contributed by atoms with Crippen molar-refractivity contribution in [3.63, 3.8) is 0 Å². The molecule has 1 N–H and O–H groups in total. The van der Waals surface area contributed by atoms with Crippen LogP contribution in [0.1, 0.15) is 47.2 Å². The Kier molecular flexibility index (Phi) is 4.78. The number of hydrogen-bond acceptors (Lipinski definition) is 3. The van der Waals surface area contributed by atoms with Gasteiger partial charge in [0.05, 0.1) is 6.61 Å². The fraction of sp³-hybridized carbons (Fsp3) is 0.643. The van der Waals surface area contributed by atoms with Gasteiger partial charge in [0, 0.05) is 11.5 Å². The van der Waals surface area contributed by atoms with Gasteiger partial charge in [-0.25, -0.2) is 4.79 Å². The molecule has 1 fully saturated rings. The summed E-state index contributed by atoms with van der Waals surface area (Å²) >= 11 is 1.30. The van der Waals surface area contributed by atoms with Gasteiger partial charge in [-0.1, -0.05) is 19.8 Å². The first-order valence-electron chi connectivity index (χ1n) is 6.55. The summed E-state index contributed by atoms with van der Waals surface area (Å²) in [6.45, 7) is 3.66. The number of carboxylic acids is 1. The van der Waals surface area contributed by atoms with E-state index in [4.69, 9.17) is 9.84 Å². The van der Waals surface area contributed by atoms with Crippen LogP contribution in [0.3, 0.4) is 0 Å². The molecule has 2 unspecified atom stereocenters. The van der Waals surface area contributed by atoms with E-state index in [1.54, 1.807) is 6.07 Å². The van der Waals surface area contributed by atoms with Gasteiger partial charge < -0.3 is 9.84 Å². The lowest BCUT2D eigenvalue weighted by Crippen LogP contribution is -2.18. The fourth-order valence-electron chi connectivity index (χ4n) is 2.61. The standard InChI is InChI=1S/C14H20O3S/c1-10-3-2-4-11(7-10)8-17-9-12-5-6-13(18-12)14(15)16/h5-6,10-11H,2-4,7-9H2,1H3,(H,15,16). The van der Waals surface area contributed by atoms with Crippen LogP contribution in [0.5, 0.6) is 0 Å². The van der Waals surface area contributed by atoms with Crippen molar-refractivity contribution in [2.45, 2.75) is 39.2 Å². The predicted octanol–water partition coefficient (Wildman–Crippen LogP) is 3.79. The lowest BCUT2D eigenvalue weighted by molar-refractivity contribution is 0.0672. The lowest BCUT2D eigenvalue weighted by Gasteiger charge is -2.26. The first-order valence-corrected chi connectivity index (χ1v) is 7.36. The van der Waals surface area contributed by atoms with Crippen molar-refractivity contribution >= 4 is 17.3 Å². The third-order valence-corrected chi connectivity index (χ3v) is 4.56. The Morgan fingerprint density at radius 1 is 1.50 bits per heavy atom. The maximum Gasteiger partial charge on any atom is 0.345 e. The first kappa shape index (κ1) is 13.6. The van der Waals surface area contributed by atoms with Crippen LogP contribution in [-0.4, -0.2) is 17.7 Å². The van der Waals surface area contributed by atoms with E-state index in [0.29, 0.717) is 17.4 Å². The molecule has 2 rings (SSSR count). The Balaban J connectivity index is 1.72. The van der Waals surface area contributed by atoms with Crippen molar-refractivity contribution in [2.24, 2.45) is 11.8 Å². The van der Waals surface area contributed by atoms with E-state index in [1.165, 1.54) is 37.0 Å². The zero-order chi connectivity index (χ0) is 13.0. The van der Waals surface area contributed by atoms with Gasteiger partial charge in [0.1, 0.15) is 4.88 Å². The number of thiophene rings is 1. The van der Waals surface area contributed by atoms with Crippen LogP contribution in [-0.2, 0) is 11.3 Å². The molecule has 4 heteroatoms. The molecule has 1 aromatic heterocycles. The molecular formula is C14H20O3S. The number of carboxylic acid groups (broad SMARTS) is 1. The molecule has 1 aliphatic rings. The van der Waals surface area contributed by atoms with Gasteiger partial charge >= 0.3 is 5.97 Å². The van der Waals surface area contributed by atoms with Gasteiger partial charge in [-0.3, -0.25) is 0 Å². The van der Waals surface area contributed by atoms with Crippen LogP contribution in [0.4, 0.5) is 0 Å². The minimum Gasteiger partial charge on any atom is -0.477 e. The maximum absolute atomic E-state index is 10.7. The van der Waals surface area contributed by atoms with Crippen molar-refractivity contribution in [3.8, 4) is 0 Å². The average molecular weight is 268 g/mol. The van der Waals surface area contributed by atoms with Crippen molar-refractivity contribution in [2.75, 3.05) is 6.61 Å². The smallest absolute Gasteiger partial charge is 0.345 e. The highest BCUT2D eigenvalue weighted by Gasteiger charge is 2.18. The largest absolute Gasteiger partial charge is 0.477 e. The molecule has 0 amide bonds. The van der Waals surface area contributed by atoms with E-state index >= 15 is 0 Å². The normalized spacial score (nSPS) is 24.1. The number of carbonyl (C=O) groups is 1. The summed E-state index contributed by atoms with van der Waals surface area (Å²) in [6.07, 6.45) is 5.21. The Morgan fingerprint density at radius 3 is 3.00 bits per heavy atom. The molecule has 0 aliphatic heterocycles. The fourth-order valence-corrected chi connectivity index (χ4v) is 3.39. The Morgan fingerprint density at radius 2 is 2.33 bits per heavy atom. The molecule has 100 valence electrons. The zero-order valence-electron chi connectivity index (χ0n) is 10.7. The Bertz CT molecular complexity index is 399. The minimum atomic E-state index is -0.854. The van der Waals surface area contributed by atoms with Gasteiger partial charge in [0.15, 0.2) is 0 Å². The van der Waals surface area contributed by atoms with E-state index in [9.17, 15) is 4.79 Å². The van der Waals surface area contributed by atoms with Gasteiger partial charge in [-0.2, -0.15) is 0 Å². The predicted molar refractivity (Wildman–Crippen MR) is 72.1 cm³/mol. The summed E-state index contributed by atoms with van der Waals surface area (Å²) in [4.78, 5) is 12.1. The molecule has 0 spiro atoms. The van der Waals surface area contributed by atoms with Gasteiger partial charge in [0.2, 0.25) is 0 Å². The number of rotatable bonds is 5. The molecule has 2 atom stereocenters. The van der Waals surface area contributed by atoms with Crippen LogP contribution in [0.2, 0.25) is 0 Å². The molecule has 1 aliphatic carbocycles. The van der Waals surface area contributed by atoms with Gasteiger partial charge in [-0.05, 0) is 36.8 Å². The average Bonchev–Trinajstić information content (AvgIpc) is 2.78. The zero-order valence-corrected chi connectivity index (χ0v) is 11.5. The summed E-state index contributed by atoms with van der Waals surface area (Å²) in [5.41, 5.74) is 0. The minimum absolute atomic E-state index is 0.389. The van der Waals surface area contributed by atoms with Crippen LogP contribution in [0, 0.1) is 11.8 Å². The third kappa shape index (κ3) is 3.82. The number of hydrogen-bond donors (Lipinski definition) is 1. The van der Waals surface area contributed by atoms with Crippen molar-refractivity contribution < 1.29 is 14.6 Å². The summed E-state index contributed by atoms with van der Waals surface area (Å²) < 4.78 is 5.72. The van der Waals surface area contributed by atoms with Crippen LogP contribution in [0.25, 0.3) is 0 Å². The molecule has 1 aromatic rings. The highest BCUT2D eigenvalue weighted by Crippen LogP contribution is 2.29. The second-order valence-corrected chi connectivity index (χ2v) is 6.39. The second kappa shape index (κ2) is 6.34. The van der Waals surface area contributed by atoms with Gasteiger partial charge in [0.25, 0.3) is 0 Å². The summed E-state index contributed by atoms with van der Waals surface area (Å²) in [7, 11) is 0. The van der Waals surface area contributed by atoms with E-state index in [1.807, 2.05) is 6.07 Å². The highest BCUT2D eigenvalue weighted by atomic mass is 32.1. The van der Waals surface area contributed by atoms with Crippen molar-refractivity contribution in [1.82, 2.24) is 0 Å². The van der Waals surface area contributed by atoms with Crippen LogP contribution in [0.15, 0.2) is 12.1 Å². The third-order valence-electron chi connectivity index (χ3n) is 3.52. The van der Waals surface area contributed by atoms with Crippen molar-refractivity contribution in [1.29, 1.82) is 0 Å². The molecule has 0 bridgehead atoms. The van der Waals surface area contributed by atoms with Gasteiger partial charge in [-0.15, -0.1) is 11.3 Å². The quantitative estimate of drug-likeness (QED) is 0.883. The van der Waals surface area contributed by atoms with Crippen molar-refractivity contribution in [3.05, 3.63) is 21.9 Å². The first-order chi connectivity index (χ1) is 8.65. The Hall–Kier alpha value is -0.870. The molecule has 3 nitrogen and oxygen atoms in total. The second-order valence-electron chi connectivity index (χ2n) is 5.22. The van der Waals surface area contributed by atoms with E-state index in [2.05, 4.69) is 6.92 Å². The topological polar surface area (TPSA) is 46.5 Å². The van der Waals surface area contributed by atoms with E-state index in [0.717, 1.165) is 17.4 Å². The van der Waals surface area contributed by atoms with E-state index in [-0.39, 0.29) is 0 Å². The number of ether oxygens (including phenoxy) is 1. The monoisotopic (exact) mass is 268 g/mol. The van der Waals surface area contributed by atoms with Crippen LogP contribution < -0.4 is 0 Å². The summed E-state index contributed by atoms with van der Waals surface area (Å²) in [5.74, 6) is 0.660. The number of aromatic carboxylic acids is 1. The van der Waals surface area contributed by atoms with E-state index < -0.39 is 5.97 Å². The summed E-state index contributed by atoms with van der Waals surface area (Å²) in [6, 6.07) is 3.49. The lowest BCUT2D eigenvalue weighted by atomic mass is 9.83. The molecular weight excluding hydrogens is 248 g/mol. The SMILES string of the molecule is CC1CCCC(COCc2ccc(C(=O)O)s2)C1. The maximum atomic E-state index is 10.7. The summed E-state index contributed by atoms with van der Waals surface area (Å²) in [5, 5.41) is 8.83. The highest BCUT2D eigenvalue weighted by molar-refractivity contribution is 7.13. The molecule has 1 heterocycles. The molecule has 0 aromatic carbocycles. The molecule has 0 radical (unpaired) electrons. The molecule has 1 saturated carbocycles. The molecule has 0 saturated heterocycles. The van der Waals surface area contributed by atoms with Crippen LogP contribution >= 0.6 is 11.3 Å². The molecule has 18 heavy (non-hydrogen) atoms.